The van der Waals surface area contributed by atoms with Gasteiger partial charge in [0.1, 0.15) is 5.75 Å². The number of likely N-dealkylation sites (N-methyl/N-ethyl adjacent to an activating group) is 1. The van der Waals surface area contributed by atoms with E-state index >= 15 is 0 Å². The molecule has 0 aliphatic rings. The van der Waals surface area contributed by atoms with Crippen molar-refractivity contribution in [1.82, 2.24) is 4.90 Å². The molecular formula is C18H24N2O4S. The first-order valence-corrected chi connectivity index (χ1v) is 9.33. The smallest absolute Gasteiger partial charge is 0.264 e. The van der Waals surface area contributed by atoms with Gasteiger partial charge in [-0.1, -0.05) is 18.2 Å². The fraction of sp³-hybridized carbons (Fsp3) is 0.333. The summed E-state index contributed by atoms with van der Waals surface area (Å²) in [5.41, 5.74) is 0.474. The number of nitrogens with zero attached hydrogens (tertiary/aromatic N) is 2. The fourth-order valence-corrected chi connectivity index (χ4v) is 4.00. The summed E-state index contributed by atoms with van der Waals surface area (Å²) in [5.74, 6) is 0.634. The summed E-state index contributed by atoms with van der Waals surface area (Å²) in [5, 5.41) is 10.3. The van der Waals surface area contributed by atoms with E-state index in [0.29, 0.717) is 18.0 Å². The molecule has 1 atom stereocenters. The summed E-state index contributed by atoms with van der Waals surface area (Å²) in [6.45, 7) is 0.318. The van der Waals surface area contributed by atoms with Crippen molar-refractivity contribution in [2.75, 3.05) is 38.6 Å². The van der Waals surface area contributed by atoms with E-state index in [0.717, 1.165) is 0 Å². The topological polar surface area (TPSA) is 70.1 Å². The lowest BCUT2D eigenvalue weighted by Gasteiger charge is -2.28. The Morgan fingerprint density at radius 2 is 1.60 bits per heavy atom. The Kier molecular flexibility index (Phi) is 6.41. The van der Waals surface area contributed by atoms with Gasteiger partial charge in [0, 0.05) is 6.54 Å². The highest BCUT2D eigenvalue weighted by Crippen LogP contribution is 2.26. The molecule has 25 heavy (non-hydrogen) atoms. The monoisotopic (exact) mass is 364 g/mol. The van der Waals surface area contributed by atoms with Crippen LogP contribution in [0.25, 0.3) is 0 Å². The van der Waals surface area contributed by atoms with Crippen LogP contribution in [0.5, 0.6) is 5.75 Å². The van der Waals surface area contributed by atoms with E-state index < -0.39 is 16.1 Å². The van der Waals surface area contributed by atoms with E-state index in [1.54, 1.807) is 61.7 Å². The van der Waals surface area contributed by atoms with Crippen molar-refractivity contribution in [3.05, 3.63) is 54.6 Å². The van der Waals surface area contributed by atoms with E-state index in [1.165, 1.54) is 4.31 Å². The van der Waals surface area contributed by atoms with Crippen LogP contribution < -0.4 is 9.04 Å². The van der Waals surface area contributed by atoms with Gasteiger partial charge in [0.05, 0.1) is 30.3 Å². The van der Waals surface area contributed by atoms with Crippen LogP contribution in [0, 0.1) is 0 Å². The zero-order chi connectivity index (χ0) is 18.4. The molecule has 0 saturated heterocycles. The second kappa shape index (κ2) is 8.33. The number of aliphatic hydroxyl groups is 1. The number of benzene rings is 2. The van der Waals surface area contributed by atoms with Crippen LogP contribution in [-0.2, 0) is 10.0 Å². The van der Waals surface area contributed by atoms with Gasteiger partial charge in [0.2, 0.25) is 0 Å². The summed E-state index contributed by atoms with van der Waals surface area (Å²) in [7, 11) is 1.41. The molecular weight excluding hydrogens is 340 g/mol. The third-order valence-electron chi connectivity index (χ3n) is 3.64. The number of aliphatic hydroxyl groups excluding tert-OH is 1. The molecule has 1 unspecified atom stereocenters. The van der Waals surface area contributed by atoms with E-state index in [2.05, 4.69) is 0 Å². The van der Waals surface area contributed by atoms with Crippen molar-refractivity contribution in [1.29, 1.82) is 0 Å². The molecule has 7 heteroatoms. The zero-order valence-corrected chi connectivity index (χ0v) is 15.5. The van der Waals surface area contributed by atoms with Crippen LogP contribution in [0.4, 0.5) is 5.69 Å². The molecule has 6 nitrogen and oxygen atoms in total. The molecule has 2 rings (SSSR count). The molecule has 136 valence electrons. The number of rotatable bonds is 8. The normalized spacial score (nSPS) is 12.8. The molecule has 0 amide bonds. The van der Waals surface area contributed by atoms with Crippen molar-refractivity contribution >= 4 is 15.7 Å². The minimum Gasteiger partial charge on any atom is -0.497 e. The number of methoxy groups -OCH3 is 1. The Morgan fingerprint density at radius 1 is 1.00 bits per heavy atom. The first-order chi connectivity index (χ1) is 11.8. The lowest BCUT2D eigenvalue weighted by Crippen LogP contribution is -2.41. The average Bonchev–Trinajstić information content (AvgIpc) is 2.60. The lowest BCUT2D eigenvalue weighted by molar-refractivity contribution is 0.145. The van der Waals surface area contributed by atoms with E-state index in [4.69, 9.17) is 4.74 Å². The van der Waals surface area contributed by atoms with Gasteiger partial charge < -0.3 is 14.7 Å². The summed E-state index contributed by atoms with van der Waals surface area (Å²) in [4.78, 5) is 1.99. The van der Waals surface area contributed by atoms with Gasteiger partial charge in [0.25, 0.3) is 10.0 Å². The van der Waals surface area contributed by atoms with Gasteiger partial charge in [-0.25, -0.2) is 8.42 Å². The number of hydrogen-bond donors (Lipinski definition) is 1. The highest BCUT2D eigenvalue weighted by molar-refractivity contribution is 7.92. The van der Waals surface area contributed by atoms with E-state index in [-0.39, 0.29) is 11.4 Å². The van der Waals surface area contributed by atoms with Gasteiger partial charge in [-0.2, -0.15) is 0 Å². The second-order valence-corrected chi connectivity index (χ2v) is 7.83. The van der Waals surface area contributed by atoms with Crippen LogP contribution in [0.1, 0.15) is 0 Å². The molecule has 0 heterocycles. The fourth-order valence-electron chi connectivity index (χ4n) is 2.48. The van der Waals surface area contributed by atoms with Crippen molar-refractivity contribution < 1.29 is 18.3 Å². The highest BCUT2D eigenvalue weighted by atomic mass is 32.2. The Balaban J connectivity index is 2.40. The van der Waals surface area contributed by atoms with Crippen LogP contribution in [0.2, 0.25) is 0 Å². The molecule has 0 spiro atoms. The summed E-state index contributed by atoms with van der Waals surface area (Å²) < 4.78 is 32.5. The average molecular weight is 364 g/mol. The largest absolute Gasteiger partial charge is 0.497 e. The number of ether oxygens (including phenoxy) is 1. The quantitative estimate of drug-likeness (QED) is 0.774. The second-order valence-electron chi connectivity index (χ2n) is 5.96. The van der Waals surface area contributed by atoms with Gasteiger partial charge in [0.15, 0.2) is 0 Å². The summed E-state index contributed by atoms with van der Waals surface area (Å²) in [6, 6.07) is 14.9. The van der Waals surface area contributed by atoms with E-state index in [9.17, 15) is 13.5 Å². The first kappa shape index (κ1) is 19.2. The Morgan fingerprint density at radius 3 is 2.12 bits per heavy atom. The standard InChI is InChI=1S/C18H24N2O4S/c1-19(2)13-16(21)14-20(15-9-11-17(24-3)12-10-15)25(22,23)18-7-5-4-6-8-18/h4-12,16,21H,13-14H2,1-3H3. The maximum absolute atomic E-state index is 13.1. The maximum atomic E-state index is 13.1. The maximum Gasteiger partial charge on any atom is 0.264 e. The molecule has 0 fully saturated rings. The lowest BCUT2D eigenvalue weighted by atomic mass is 10.2. The molecule has 0 aromatic heterocycles. The summed E-state index contributed by atoms with van der Waals surface area (Å²) in [6.07, 6.45) is -0.824. The van der Waals surface area contributed by atoms with Gasteiger partial charge in [-0.15, -0.1) is 0 Å². The SMILES string of the molecule is COc1ccc(N(CC(O)CN(C)C)S(=O)(=O)c2ccccc2)cc1. The van der Waals surface area contributed by atoms with E-state index in [1.807, 2.05) is 19.0 Å². The molecule has 2 aromatic carbocycles. The Labute approximate surface area is 149 Å². The minimum absolute atomic E-state index is 0.0399. The Bertz CT molecular complexity index is 761. The van der Waals surface area contributed by atoms with Gasteiger partial charge in [-0.3, -0.25) is 4.31 Å². The predicted octanol–water partition coefficient (Wildman–Crippen LogP) is 1.81. The number of anilines is 1. The third kappa shape index (κ3) is 4.94. The molecule has 2 aromatic rings. The zero-order valence-electron chi connectivity index (χ0n) is 14.7. The first-order valence-electron chi connectivity index (χ1n) is 7.89. The number of sulfonamides is 1. The molecule has 0 aliphatic heterocycles. The minimum atomic E-state index is -3.79. The predicted molar refractivity (Wildman–Crippen MR) is 98.5 cm³/mol. The van der Waals surface area contributed by atoms with Crippen LogP contribution in [-0.4, -0.2) is 58.8 Å². The number of hydrogen-bond acceptors (Lipinski definition) is 5. The molecule has 0 saturated carbocycles. The molecule has 0 bridgehead atoms. The highest BCUT2D eigenvalue weighted by Gasteiger charge is 2.27. The third-order valence-corrected chi connectivity index (χ3v) is 5.45. The summed E-state index contributed by atoms with van der Waals surface area (Å²) >= 11 is 0. The molecule has 0 aliphatic carbocycles. The van der Waals surface area contributed by atoms with Gasteiger partial charge in [-0.05, 0) is 50.5 Å². The molecule has 0 radical (unpaired) electrons. The van der Waals surface area contributed by atoms with Crippen molar-refractivity contribution in [3.8, 4) is 5.75 Å². The van der Waals surface area contributed by atoms with Crippen molar-refractivity contribution in [3.63, 3.8) is 0 Å². The van der Waals surface area contributed by atoms with Crippen molar-refractivity contribution in [2.45, 2.75) is 11.0 Å². The van der Waals surface area contributed by atoms with Crippen molar-refractivity contribution in [2.24, 2.45) is 0 Å². The Hall–Kier alpha value is -2.09. The van der Waals surface area contributed by atoms with Crippen LogP contribution in [0.15, 0.2) is 59.5 Å². The van der Waals surface area contributed by atoms with Gasteiger partial charge >= 0.3 is 0 Å². The van der Waals surface area contributed by atoms with Crippen LogP contribution in [0.3, 0.4) is 0 Å². The van der Waals surface area contributed by atoms with Crippen LogP contribution >= 0.6 is 0 Å². The molecule has 1 N–H and O–H groups in total.